The Labute approximate surface area is 124 Å². The minimum atomic E-state index is -0.286. The summed E-state index contributed by atoms with van der Waals surface area (Å²) in [6.45, 7) is 2.23. The molecule has 1 aromatic rings. The third kappa shape index (κ3) is 2.34. The number of hydrogen-bond acceptors (Lipinski definition) is 6. The van der Waals surface area contributed by atoms with Crippen LogP contribution in [-0.2, 0) is 16.0 Å². The molecule has 2 N–H and O–H groups in total. The number of hydrogen-bond donors (Lipinski definition) is 2. The van der Waals surface area contributed by atoms with Crippen LogP contribution in [-0.4, -0.2) is 28.6 Å². The highest BCUT2D eigenvalue weighted by atomic mass is 127. The minimum Gasteiger partial charge on any atom is -0.465 e. The van der Waals surface area contributed by atoms with Gasteiger partial charge in [-0.2, -0.15) is 0 Å². The van der Waals surface area contributed by atoms with Gasteiger partial charge in [0.05, 0.1) is 18.3 Å². The molecule has 102 valence electrons. The van der Waals surface area contributed by atoms with Crippen molar-refractivity contribution in [2.75, 3.05) is 6.61 Å². The Balaban J connectivity index is 1.86. The largest absolute Gasteiger partial charge is 0.465 e. The van der Waals surface area contributed by atoms with Gasteiger partial charge in [0, 0.05) is 34.7 Å². The van der Waals surface area contributed by atoms with E-state index in [2.05, 4.69) is 43.4 Å². The smallest absolute Gasteiger partial charge is 0.324 e. The van der Waals surface area contributed by atoms with E-state index in [4.69, 9.17) is 4.74 Å². The van der Waals surface area contributed by atoms with Crippen molar-refractivity contribution >= 4 is 28.6 Å². The number of hydrazine groups is 1. The maximum Gasteiger partial charge on any atom is 0.324 e. The van der Waals surface area contributed by atoms with E-state index >= 15 is 0 Å². The Hall–Kier alpha value is -0.800. The van der Waals surface area contributed by atoms with Gasteiger partial charge >= 0.3 is 5.97 Å². The molecule has 2 heterocycles. The van der Waals surface area contributed by atoms with Crippen LogP contribution in [0.25, 0.3) is 0 Å². The Kier molecular flexibility index (Phi) is 3.68. The lowest BCUT2D eigenvalue weighted by Crippen LogP contribution is -2.40. The predicted molar refractivity (Wildman–Crippen MR) is 76.0 cm³/mol. The summed E-state index contributed by atoms with van der Waals surface area (Å²) in [5.74, 6) is 0.00644. The molecule has 0 aromatic carbocycles. The summed E-state index contributed by atoms with van der Waals surface area (Å²) in [7, 11) is 0. The second-order valence-electron chi connectivity index (χ2n) is 4.75. The fourth-order valence-electron chi connectivity index (χ4n) is 2.84. The number of nitrogens with zero attached hydrogens (tertiary/aromatic N) is 2. The van der Waals surface area contributed by atoms with Crippen molar-refractivity contribution in [1.29, 1.82) is 0 Å². The van der Waals surface area contributed by atoms with Crippen LogP contribution in [0.3, 0.4) is 0 Å². The fraction of sp³-hybridized carbons (Fsp3) is 0.583. The second-order valence-corrected chi connectivity index (χ2v) is 5.71. The topological polar surface area (TPSA) is 76.1 Å². The van der Waals surface area contributed by atoms with E-state index in [1.165, 1.54) is 5.56 Å². The van der Waals surface area contributed by atoms with Gasteiger partial charge in [-0.15, -0.1) is 0 Å². The van der Waals surface area contributed by atoms with Crippen molar-refractivity contribution in [2.45, 2.75) is 31.8 Å². The minimum absolute atomic E-state index is 0.0645. The lowest BCUT2D eigenvalue weighted by atomic mass is 9.80. The molecule has 1 aromatic heterocycles. The van der Waals surface area contributed by atoms with Gasteiger partial charge in [0.15, 0.2) is 3.83 Å². The first-order chi connectivity index (χ1) is 9.20. The maximum atomic E-state index is 11.9. The van der Waals surface area contributed by atoms with Crippen molar-refractivity contribution in [3.63, 3.8) is 0 Å². The Bertz CT molecular complexity index is 511. The average molecular weight is 374 g/mol. The number of rotatable bonds is 2. The highest BCUT2D eigenvalue weighted by Gasteiger charge is 2.45. The molecular formula is C12H15IN4O2. The summed E-state index contributed by atoms with van der Waals surface area (Å²) in [4.78, 5) is 20.7. The van der Waals surface area contributed by atoms with Crippen LogP contribution in [0.15, 0.2) is 6.20 Å². The van der Waals surface area contributed by atoms with Gasteiger partial charge in [0.2, 0.25) is 0 Å². The molecular weight excluding hydrogens is 359 g/mol. The first-order valence-corrected chi connectivity index (χ1v) is 7.47. The standard InChI is InChI=1S/C12H15IN4O2/c1-2-19-11(18)10-7-4-3-6-5-14-12(13)15-8(6)9(7)16-17-10/h5,7,9-10,16-17H,2-4H2,1H3. The van der Waals surface area contributed by atoms with Gasteiger partial charge in [-0.05, 0) is 25.3 Å². The number of carbonyl (C=O) groups is 1. The van der Waals surface area contributed by atoms with Gasteiger partial charge in [-0.3, -0.25) is 4.79 Å². The molecule has 1 fully saturated rings. The number of ether oxygens (including phenoxy) is 1. The van der Waals surface area contributed by atoms with Crippen molar-refractivity contribution in [2.24, 2.45) is 5.92 Å². The SMILES string of the molecule is CCOC(=O)C1NNC2c3nc(I)ncc3CCC12. The molecule has 2 aliphatic rings. The molecule has 3 rings (SSSR count). The lowest BCUT2D eigenvalue weighted by molar-refractivity contribution is -0.146. The molecule has 3 atom stereocenters. The van der Waals surface area contributed by atoms with Crippen LogP contribution in [0, 0.1) is 9.75 Å². The van der Waals surface area contributed by atoms with E-state index in [-0.39, 0.29) is 24.0 Å². The third-order valence-electron chi connectivity index (χ3n) is 3.70. The Morgan fingerprint density at radius 2 is 2.42 bits per heavy atom. The zero-order valence-corrected chi connectivity index (χ0v) is 12.7. The highest BCUT2D eigenvalue weighted by molar-refractivity contribution is 14.1. The highest BCUT2D eigenvalue weighted by Crippen LogP contribution is 2.38. The van der Waals surface area contributed by atoms with Crippen molar-refractivity contribution in [3.8, 4) is 0 Å². The van der Waals surface area contributed by atoms with E-state index in [1.807, 2.05) is 13.1 Å². The summed E-state index contributed by atoms with van der Waals surface area (Å²) < 4.78 is 5.85. The van der Waals surface area contributed by atoms with Crippen LogP contribution in [0.2, 0.25) is 0 Å². The average Bonchev–Trinajstić information content (AvgIpc) is 2.83. The molecule has 0 saturated carbocycles. The predicted octanol–water partition coefficient (Wildman–Crippen LogP) is 0.724. The summed E-state index contributed by atoms with van der Waals surface area (Å²) >= 11 is 2.11. The van der Waals surface area contributed by atoms with Crippen LogP contribution in [0.5, 0.6) is 0 Å². The molecule has 0 amide bonds. The van der Waals surface area contributed by atoms with Gasteiger partial charge in [0.25, 0.3) is 0 Å². The van der Waals surface area contributed by atoms with E-state index in [0.29, 0.717) is 6.61 Å². The molecule has 19 heavy (non-hydrogen) atoms. The van der Waals surface area contributed by atoms with Crippen LogP contribution < -0.4 is 10.9 Å². The molecule has 1 aliphatic carbocycles. The number of carbonyl (C=O) groups excluding carboxylic acids is 1. The molecule has 1 saturated heterocycles. The first-order valence-electron chi connectivity index (χ1n) is 6.39. The Morgan fingerprint density at radius 1 is 1.58 bits per heavy atom. The number of fused-ring (bicyclic) bond motifs is 3. The number of esters is 1. The zero-order chi connectivity index (χ0) is 13.4. The molecule has 0 spiro atoms. The first kappa shape index (κ1) is 13.2. The van der Waals surface area contributed by atoms with E-state index in [1.54, 1.807) is 0 Å². The summed E-state index contributed by atoms with van der Waals surface area (Å²) in [6, 6.07) is -0.222. The van der Waals surface area contributed by atoms with E-state index in [0.717, 1.165) is 22.4 Å². The quantitative estimate of drug-likeness (QED) is 0.452. The maximum absolute atomic E-state index is 11.9. The Morgan fingerprint density at radius 3 is 3.21 bits per heavy atom. The van der Waals surface area contributed by atoms with Gasteiger partial charge in [0.1, 0.15) is 6.04 Å². The number of nitrogens with one attached hydrogen (secondary N) is 2. The normalized spacial score (nSPS) is 28.6. The third-order valence-corrected chi connectivity index (χ3v) is 4.22. The van der Waals surface area contributed by atoms with Gasteiger partial charge < -0.3 is 4.74 Å². The van der Waals surface area contributed by atoms with Crippen LogP contribution >= 0.6 is 22.6 Å². The number of aromatic nitrogens is 2. The van der Waals surface area contributed by atoms with E-state index in [9.17, 15) is 4.79 Å². The lowest BCUT2D eigenvalue weighted by Gasteiger charge is -2.27. The van der Waals surface area contributed by atoms with Crippen molar-refractivity contribution in [3.05, 3.63) is 21.3 Å². The molecule has 6 nitrogen and oxygen atoms in total. The molecule has 7 heteroatoms. The van der Waals surface area contributed by atoms with Crippen molar-refractivity contribution < 1.29 is 9.53 Å². The van der Waals surface area contributed by atoms with Gasteiger partial charge in [-0.1, -0.05) is 0 Å². The molecule has 3 unspecified atom stereocenters. The zero-order valence-electron chi connectivity index (χ0n) is 10.5. The molecule has 1 aliphatic heterocycles. The number of halogens is 1. The van der Waals surface area contributed by atoms with Gasteiger partial charge in [-0.25, -0.2) is 20.8 Å². The summed E-state index contributed by atoms with van der Waals surface area (Å²) in [5, 5.41) is 0. The van der Waals surface area contributed by atoms with E-state index < -0.39 is 0 Å². The monoisotopic (exact) mass is 374 g/mol. The summed E-state index contributed by atoms with van der Waals surface area (Å²) in [6.07, 6.45) is 3.73. The molecule has 0 bridgehead atoms. The van der Waals surface area contributed by atoms with Crippen LogP contribution in [0.4, 0.5) is 0 Å². The van der Waals surface area contributed by atoms with Crippen molar-refractivity contribution in [1.82, 2.24) is 20.8 Å². The number of aryl methyl sites for hydroxylation is 1. The second kappa shape index (κ2) is 5.29. The molecule has 0 radical (unpaired) electrons. The fourth-order valence-corrected chi connectivity index (χ4v) is 3.24. The van der Waals surface area contributed by atoms with Crippen LogP contribution in [0.1, 0.15) is 30.6 Å². The summed E-state index contributed by atoms with van der Waals surface area (Å²) in [5.41, 5.74) is 8.42.